The molecule has 7 nitrogen and oxygen atoms in total. The van der Waals surface area contributed by atoms with Crippen LogP contribution in [0.15, 0.2) is 58.8 Å². The average molecular weight is 434 g/mol. The van der Waals surface area contributed by atoms with Gasteiger partial charge in [0, 0.05) is 25.6 Å². The molecule has 1 saturated heterocycles. The van der Waals surface area contributed by atoms with Gasteiger partial charge >= 0.3 is 0 Å². The van der Waals surface area contributed by atoms with Gasteiger partial charge in [-0.3, -0.25) is 4.79 Å². The van der Waals surface area contributed by atoms with Gasteiger partial charge in [-0.05, 0) is 42.8 Å². The lowest BCUT2D eigenvalue weighted by Gasteiger charge is -2.28. The molecule has 0 bridgehead atoms. The highest BCUT2D eigenvalue weighted by Crippen LogP contribution is 2.32. The zero-order chi connectivity index (χ0) is 23.1. The molecule has 0 aromatic heterocycles. The molecule has 0 spiro atoms. The van der Waals surface area contributed by atoms with Crippen molar-refractivity contribution < 1.29 is 18.7 Å². The van der Waals surface area contributed by atoms with Gasteiger partial charge in [0.15, 0.2) is 12.2 Å². The molecule has 0 radical (unpaired) electrons. The first-order valence-electron chi connectivity index (χ1n) is 10.0. The number of amidine groups is 1. The van der Waals surface area contributed by atoms with Gasteiger partial charge in [-0.2, -0.15) is 5.26 Å². The predicted molar refractivity (Wildman–Crippen MR) is 120 cm³/mol. The topological polar surface area (TPSA) is 87.3 Å². The van der Waals surface area contributed by atoms with E-state index in [1.165, 1.54) is 12.1 Å². The van der Waals surface area contributed by atoms with Gasteiger partial charge < -0.3 is 14.4 Å². The zero-order valence-electron chi connectivity index (χ0n) is 18.0. The van der Waals surface area contributed by atoms with E-state index in [0.29, 0.717) is 59.5 Å². The second-order valence-electron chi connectivity index (χ2n) is 7.08. The van der Waals surface area contributed by atoms with E-state index < -0.39 is 5.82 Å². The molecule has 1 fully saturated rings. The van der Waals surface area contributed by atoms with Crippen molar-refractivity contribution in [3.63, 3.8) is 0 Å². The van der Waals surface area contributed by atoms with Gasteiger partial charge in [-0.25, -0.2) is 14.4 Å². The molecule has 164 valence electrons. The maximum atomic E-state index is 14.1. The van der Waals surface area contributed by atoms with Gasteiger partial charge in [0.25, 0.3) is 0 Å². The summed E-state index contributed by atoms with van der Waals surface area (Å²) >= 11 is 0. The molecule has 1 heterocycles. The summed E-state index contributed by atoms with van der Waals surface area (Å²) in [4.78, 5) is 21.7. The van der Waals surface area contributed by atoms with E-state index in [1.807, 2.05) is 4.90 Å². The number of ether oxygens (including phenoxy) is 2. The highest BCUT2D eigenvalue weighted by Gasteiger charge is 2.13. The summed E-state index contributed by atoms with van der Waals surface area (Å²) in [5.74, 6) is 1.05. The van der Waals surface area contributed by atoms with Crippen LogP contribution in [0.25, 0.3) is 11.1 Å². The van der Waals surface area contributed by atoms with E-state index in [2.05, 4.69) is 22.6 Å². The summed E-state index contributed by atoms with van der Waals surface area (Å²) in [5.41, 5.74) is 1.41. The summed E-state index contributed by atoms with van der Waals surface area (Å²) < 4.78 is 25.4. The van der Waals surface area contributed by atoms with Crippen molar-refractivity contribution in [3.8, 4) is 22.9 Å². The van der Waals surface area contributed by atoms with Crippen molar-refractivity contribution >= 4 is 18.0 Å². The minimum atomic E-state index is -0.636. The van der Waals surface area contributed by atoms with Gasteiger partial charge in [0.05, 0.1) is 30.4 Å². The Bertz CT molecular complexity index is 1130. The second kappa shape index (κ2) is 10.5. The summed E-state index contributed by atoms with van der Waals surface area (Å²) in [5, 5.41) is 9.26. The molecule has 0 N–H and O–H groups in total. The number of aliphatic imine (C=N–C) groups is 2. The number of carbonyl (C=O) groups excluding carboxylic acids is 1. The Morgan fingerprint density at radius 3 is 2.62 bits per heavy atom. The van der Waals surface area contributed by atoms with E-state index in [1.54, 1.807) is 38.1 Å². The van der Waals surface area contributed by atoms with Crippen LogP contribution in [0.3, 0.4) is 0 Å². The van der Waals surface area contributed by atoms with E-state index in [9.17, 15) is 14.4 Å². The fourth-order valence-electron chi connectivity index (χ4n) is 3.22. The molecule has 1 aliphatic heterocycles. The second-order valence-corrected chi connectivity index (χ2v) is 7.08. The van der Waals surface area contributed by atoms with E-state index in [-0.39, 0.29) is 5.56 Å². The van der Waals surface area contributed by atoms with Crippen LogP contribution in [0.5, 0.6) is 5.75 Å². The standard InChI is InChI=1S/C24H23FN4O3/c1-16(27-17(2)29-8-10-31-11-9-29)28-18(3)32-24-12-19(14-26)4-7-22(24)20-5-6-21(15-30)23(25)13-20/h4-7,12-13,15H,2,8-11H2,1,3H3. The fraction of sp³-hybridized carbons (Fsp3) is 0.250. The molecule has 0 aliphatic carbocycles. The largest absolute Gasteiger partial charge is 0.443 e. The molecule has 2 aromatic carbocycles. The molecule has 0 atom stereocenters. The lowest BCUT2D eigenvalue weighted by atomic mass is 10.0. The Labute approximate surface area is 186 Å². The molecular weight excluding hydrogens is 411 g/mol. The van der Waals surface area contributed by atoms with Gasteiger partial charge in [0.2, 0.25) is 0 Å². The van der Waals surface area contributed by atoms with Crippen LogP contribution in [0.2, 0.25) is 0 Å². The molecule has 32 heavy (non-hydrogen) atoms. The van der Waals surface area contributed by atoms with Crippen molar-refractivity contribution in [3.05, 3.63) is 65.7 Å². The number of hydrogen-bond acceptors (Lipinski definition) is 6. The summed E-state index contributed by atoms with van der Waals surface area (Å²) in [6.45, 7) is 10.1. The summed E-state index contributed by atoms with van der Waals surface area (Å²) in [6.07, 6.45) is 0.457. The van der Waals surface area contributed by atoms with Crippen LogP contribution < -0.4 is 4.74 Å². The van der Waals surface area contributed by atoms with Crippen molar-refractivity contribution in [2.45, 2.75) is 13.8 Å². The van der Waals surface area contributed by atoms with Crippen molar-refractivity contribution in [1.29, 1.82) is 5.26 Å². The maximum absolute atomic E-state index is 14.1. The first-order valence-corrected chi connectivity index (χ1v) is 10.0. The number of carbonyl (C=O) groups is 1. The number of aldehydes is 1. The summed E-state index contributed by atoms with van der Waals surface area (Å²) in [6, 6.07) is 11.2. The molecule has 1 aliphatic rings. The normalized spacial score (nSPS) is 14.6. The molecule has 2 aromatic rings. The Morgan fingerprint density at radius 1 is 1.22 bits per heavy atom. The van der Waals surface area contributed by atoms with Crippen LogP contribution in [0, 0.1) is 17.1 Å². The lowest BCUT2D eigenvalue weighted by Crippen LogP contribution is -2.34. The highest BCUT2D eigenvalue weighted by atomic mass is 19.1. The highest BCUT2D eigenvalue weighted by molar-refractivity contribution is 5.94. The van der Waals surface area contributed by atoms with Crippen LogP contribution >= 0.6 is 0 Å². The first kappa shape index (κ1) is 22.8. The minimum absolute atomic E-state index is 0.0325. The van der Waals surface area contributed by atoms with E-state index in [4.69, 9.17) is 9.47 Å². The SMILES string of the molecule is C=C(N=C(C)N=C(C)Oc1cc(C#N)ccc1-c1ccc(C=O)c(F)c1)N1CCOCC1. The smallest absolute Gasteiger partial charge is 0.193 e. The number of rotatable bonds is 5. The van der Waals surface area contributed by atoms with Crippen LogP contribution in [-0.4, -0.2) is 49.2 Å². The Balaban J connectivity index is 1.86. The fourth-order valence-corrected chi connectivity index (χ4v) is 3.22. The summed E-state index contributed by atoms with van der Waals surface area (Å²) in [7, 11) is 0. The molecular formula is C24H23FN4O3. The minimum Gasteiger partial charge on any atom is -0.443 e. The third-order valence-corrected chi connectivity index (χ3v) is 4.79. The van der Waals surface area contributed by atoms with Crippen molar-refractivity contribution in [1.82, 2.24) is 4.90 Å². The Hall–Kier alpha value is -3.83. The van der Waals surface area contributed by atoms with Crippen LogP contribution in [0.4, 0.5) is 4.39 Å². The molecule has 0 saturated carbocycles. The molecule has 0 amide bonds. The first-order chi connectivity index (χ1) is 15.4. The van der Waals surface area contributed by atoms with Gasteiger partial charge in [-0.15, -0.1) is 0 Å². The van der Waals surface area contributed by atoms with Crippen molar-refractivity contribution in [2.24, 2.45) is 9.98 Å². The third kappa shape index (κ3) is 5.65. The Kier molecular flexibility index (Phi) is 7.47. The molecule has 0 unspecified atom stereocenters. The average Bonchev–Trinajstić information content (AvgIpc) is 2.79. The number of halogens is 1. The zero-order valence-corrected chi connectivity index (χ0v) is 18.0. The van der Waals surface area contributed by atoms with E-state index in [0.717, 1.165) is 13.1 Å². The van der Waals surface area contributed by atoms with Crippen LogP contribution in [-0.2, 0) is 4.74 Å². The van der Waals surface area contributed by atoms with E-state index >= 15 is 0 Å². The quantitative estimate of drug-likeness (QED) is 0.400. The van der Waals surface area contributed by atoms with Gasteiger partial charge in [-0.1, -0.05) is 12.6 Å². The number of benzene rings is 2. The number of nitrogens with zero attached hydrogens (tertiary/aromatic N) is 4. The van der Waals surface area contributed by atoms with Crippen LogP contribution in [0.1, 0.15) is 29.8 Å². The predicted octanol–water partition coefficient (Wildman–Crippen LogP) is 4.20. The monoisotopic (exact) mass is 434 g/mol. The Morgan fingerprint density at radius 2 is 1.97 bits per heavy atom. The molecule has 8 heteroatoms. The molecule has 3 rings (SSSR count). The maximum Gasteiger partial charge on any atom is 0.193 e. The van der Waals surface area contributed by atoms with Crippen molar-refractivity contribution in [2.75, 3.05) is 26.3 Å². The number of hydrogen-bond donors (Lipinski definition) is 0. The lowest BCUT2D eigenvalue weighted by molar-refractivity contribution is 0.0534. The third-order valence-electron chi connectivity index (χ3n) is 4.79. The number of nitriles is 1. The van der Waals surface area contributed by atoms with Gasteiger partial charge in [0.1, 0.15) is 23.2 Å². The number of morpholine rings is 1.